The Morgan fingerprint density at radius 1 is 1.16 bits per heavy atom. The third kappa shape index (κ3) is 5.84. The van der Waals surface area contributed by atoms with Crippen molar-refractivity contribution in [1.82, 2.24) is 10.2 Å². The molecule has 0 spiro atoms. The molecule has 2 aliphatic heterocycles. The molecule has 2 fully saturated rings. The lowest BCUT2D eigenvalue weighted by Crippen LogP contribution is -2.44. The maximum atomic E-state index is 13.5. The molecule has 0 unspecified atom stereocenters. The van der Waals surface area contributed by atoms with Gasteiger partial charge in [-0.1, -0.05) is 11.6 Å². The van der Waals surface area contributed by atoms with E-state index in [9.17, 15) is 18.0 Å². The zero-order valence-corrected chi connectivity index (χ0v) is 23.0. The molecule has 13 heteroatoms. The van der Waals surface area contributed by atoms with Gasteiger partial charge in [0, 0.05) is 38.4 Å². The fourth-order valence-electron chi connectivity index (χ4n) is 4.42. The molecule has 0 atom stereocenters. The number of nitriles is 1. The van der Waals surface area contributed by atoms with E-state index in [-0.39, 0.29) is 23.2 Å². The highest BCUT2D eigenvalue weighted by Gasteiger charge is 2.50. The van der Waals surface area contributed by atoms with Crippen LogP contribution in [-0.4, -0.2) is 60.8 Å². The molecule has 2 aromatic carbocycles. The van der Waals surface area contributed by atoms with Crippen molar-refractivity contribution in [3.05, 3.63) is 52.5 Å². The van der Waals surface area contributed by atoms with Gasteiger partial charge in [0.1, 0.15) is 17.9 Å². The van der Waals surface area contributed by atoms with Crippen LogP contribution in [0.5, 0.6) is 5.75 Å². The number of carbonyl (C=O) groups is 1. The fraction of sp³-hybridized carbons (Fsp3) is 0.400. The predicted octanol–water partition coefficient (Wildman–Crippen LogP) is 4.85. The number of hydrogen-bond donors (Lipinski definition) is 1. The first kappa shape index (κ1) is 29.9. The van der Waals surface area contributed by atoms with Crippen LogP contribution in [0, 0.1) is 11.3 Å². The van der Waals surface area contributed by atoms with Crippen molar-refractivity contribution in [1.29, 1.82) is 5.26 Å². The van der Waals surface area contributed by atoms with E-state index in [1.54, 1.807) is 36.9 Å². The number of carbonyl (C=O) groups excluding carboxylic acids is 1. The summed E-state index contributed by atoms with van der Waals surface area (Å²) in [7, 11) is 0. The Morgan fingerprint density at radius 3 is 2.42 bits per heavy atom. The van der Waals surface area contributed by atoms with Gasteiger partial charge in [0.15, 0.2) is 5.11 Å². The Labute approximate surface area is 235 Å². The number of ether oxygens (including phenoxy) is 1. The minimum absolute atomic E-state index is 0. The van der Waals surface area contributed by atoms with Gasteiger partial charge in [-0.3, -0.25) is 14.6 Å². The van der Waals surface area contributed by atoms with Gasteiger partial charge in [-0.25, -0.2) is 0 Å². The molecule has 2 aromatic rings. The zero-order chi connectivity index (χ0) is 27.0. The van der Waals surface area contributed by atoms with Gasteiger partial charge in [0.25, 0.3) is 5.91 Å². The van der Waals surface area contributed by atoms with Crippen molar-refractivity contribution in [2.24, 2.45) is 0 Å². The minimum atomic E-state index is -4.77. The zero-order valence-electron chi connectivity index (χ0n) is 20.6. The summed E-state index contributed by atoms with van der Waals surface area (Å²) in [6.07, 6.45) is -4.77. The summed E-state index contributed by atoms with van der Waals surface area (Å²) >= 11 is 12.1. The molecule has 2 aliphatic rings. The number of nitrogens with one attached hydrogen (secondary N) is 1. The molecule has 0 aliphatic carbocycles. The van der Waals surface area contributed by atoms with Gasteiger partial charge in [-0.15, -0.1) is 12.4 Å². The lowest BCUT2D eigenvalue weighted by Gasteiger charge is -2.30. The lowest BCUT2D eigenvalue weighted by molar-refractivity contribution is -0.137. The van der Waals surface area contributed by atoms with Crippen LogP contribution in [0.2, 0.25) is 5.02 Å². The number of piperazine rings is 1. The molecular formula is C25H26Cl2F3N5O2S. The van der Waals surface area contributed by atoms with Crippen molar-refractivity contribution < 1.29 is 22.7 Å². The number of nitrogens with zero attached hydrogens (tertiary/aromatic N) is 4. The number of benzene rings is 2. The number of rotatable bonds is 6. The predicted molar refractivity (Wildman–Crippen MR) is 146 cm³/mol. The normalized spacial score (nSPS) is 17.8. The molecule has 4 rings (SSSR count). The summed E-state index contributed by atoms with van der Waals surface area (Å²) in [5.41, 5.74) is -2.46. The van der Waals surface area contributed by atoms with Crippen molar-refractivity contribution in [2.45, 2.75) is 25.6 Å². The first-order chi connectivity index (χ1) is 17.4. The molecule has 204 valence electrons. The molecule has 1 N–H and O–H groups in total. The number of amides is 1. The lowest BCUT2D eigenvalue weighted by atomic mass is 10.0. The van der Waals surface area contributed by atoms with E-state index in [1.165, 1.54) is 12.1 Å². The Morgan fingerprint density at radius 2 is 1.82 bits per heavy atom. The van der Waals surface area contributed by atoms with E-state index >= 15 is 0 Å². The Bertz CT molecular complexity index is 1260. The maximum Gasteiger partial charge on any atom is 0.417 e. The van der Waals surface area contributed by atoms with Crippen LogP contribution < -0.4 is 19.9 Å². The number of hydrogen-bond acceptors (Lipinski definition) is 6. The summed E-state index contributed by atoms with van der Waals surface area (Å²) < 4.78 is 46.5. The Balaban J connectivity index is 0.00000400. The van der Waals surface area contributed by atoms with Crippen LogP contribution in [0.1, 0.15) is 25.0 Å². The van der Waals surface area contributed by atoms with Gasteiger partial charge in [0.2, 0.25) is 0 Å². The highest BCUT2D eigenvalue weighted by atomic mass is 35.5. The molecule has 7 nitrogen and oxygen atoms in total. The number of alkyl halides is 3. The second-order valence-electron chi connectivity index (χ2n) is 9.21. The minimum Gasteiger partial charge on any atom is -0.491 e. The Hall–Kier alpha value is -2.62. The van der Waals surface area contributed by atoms with Gasteiger partial charge >= 0.3 is 6.18 Å². The second kappa shape index (κ2) is 11.6. The van der Waals surface area contributed by atoms with Crippen LogP contribution >= 0.6 is 36.2 Å². The van der Waals surface area contributed by atoms with E-state index in [4.69, 9.17) is 33.8 Å². The second-order valence-corrected chi connectivity index (χ2v) is 9.98. The molecular weight excluding hydrogens is 562 g/mol. The van der Waals surface area contributed by atoms with Gasteiger partial charge in [-0.2, -0.15) is 18.4 Å². The van der Waals surface area contributed by atoms with Crippen LogP contribution in [0.15, 0.2) is 36.4 Å². The van der Waals surface area contributed by atoms with E-state index in [0.717, 1.165) is 49.8 Å². The van der Waals surface area contributed by atoms with E-state index in [0.29, 0.717) is 23.1 Å². The summed E-state index contributed by atoms with van der Waals surface area (Å²) in [4.78, 5) is 18.3. The van der Waals surface area contributed by atoms with Crippen LogP contribution in [0.25, 0.3) is 0 Å². The van der Waals surface area contributed by atoms with Gasteiger partial charge < -0.3 is 15.0 Å². The van der Waals surface area contributed by atoms with Crippen molar-refractivity contribution in [3.63, 3.8) is 0 Å². The molecule has 1 amide bonds. The summed E-state index contributed by atoms with van der Waals surface area (Å²) in [6, 6.07) is 9.63. The third-order valence-electron chi connectivity index (χ3n) is 6.40. The standard InChI is InChI=1S/C25H25ClF3N5O2S.ClH/c1-24(2)22(35)33(17-4-3-16(15-30)19(13-17)25(27,28)29)23(37)34(24)18-5-6-21(20(26)14-18)36-12-11-32-9-7-31-8-10-32;/h3-6,13-14,31H,7-12H2,1-2H3;1H. The largest absolute Gasteiger partial charge is 0.491 e. The molecule has 0 radical (unpaired) electrons. The summed E-state index contributed by atoms with van der Waals surface area (Å²) in [5, 5.41) is 12.7. The highest BCUT2D eigenvalue weighted by Crippen LogP contribution is 2.41. The average Bonchev–Trinajstić information content (AvgIpc) is 3.03. The number of halogens is 5. The number of anilines is 2. The highest BCUT2D eigenvalue weighted by molar-refractivity contribution is 7.81. The van der Waals surface area contributed by atoms with Gasteiger partial charge in [0.05, 0.1) is 27.9 Å². The molecule has 2 heterocycles. The summed E-state index contributed by atoms with van der Waals surface area (Å²) in [5.74, 6) is -0.0311. The smallest absolute Gasteiger partial charge is 0.417 e. The Kier molecular flexibility index (Phi) is 9.16. The van der Waals surface area contributed by atoms with E-state index in [2.05, 4.69) is 10.2 Å². The first-order valence-electron chi connectivity index (χ1n) is 11.6. The molecule has 0 bridgehead atoms. The van der Waals surface area contributed by atoms with Crippen molar-refractivity contribution in [3.8, 4) is 11.8 Å². The number of thiocarbonyl (C=S) groups is 1. The third-order valence-corrected chi connectivity index (χ3v) is 7.06. The quantitative estimate of drug-likeness (QED) is 0.484. The molecule has 2 saturated heterocycles. The van der Waals surface area contributed by atoms with Crippen molar-refractivity contribution in [2.75, 3.05) is 49.1 Å². The average molecular weight is 588 g/mol. The topological polar surface area (TPSA) is 71.8 Å². The maximum absolute atomic E-state index is 13.5. The van der Waals surface area contributed by atoms with Crippen molar-refractivity contribution >= 4 is 58.6 Å². The van der Waals surface area contributed by atoms with Crippen LogP contribution in [0.4, 0.5) is 24.5 Å². The molecule has 38 heavy (non-hydrogen) atoms. The molecule has 0 aromatic heterocycles. The van der Waals surface area contributed by atoms with E-state index in [1.807, 2.05) is 0 Å². The monoisotopic (exact) mass is 587 g/mol. The fourth-order valence-corrected chi connectivity index (χ4v) is 5.18. The van der Waals surface area contributed by atoms with Crippen LogP contribution in [-0.2, 0) is 11.0 Å². The van der Waals surface area contributed by atoms with Crippen LogP contribution in [0.3, 0.4) is 0 Å². The molecule has 0 saturated carbocycles. The van der Waals surface area contributed by atoms with Gasteiger partial charge in [-0.05, 0) is 62.5 Å². The van der Waals surface area contributed by atoms with E-state index < -0.39 is 28.7 Å². The first-order valence-corrected chi connectivity index (χ1v) is 12.4. The summed E-state index contributed by atoms with van der Waals surface area (Å²) in [6.45, 7) is 8.25. The SMILES string of the molecule is CC1(C)C(=O)N(c2ccc(C#N)c(C(F)(F)F)c2)C(=S)N1c1ccc(OCCN2CCNCC2)c(Cl)c1.Cl.